The lowest BCUT2D eigenvalue weighted by atomic mass is 9.76. The molecule has 1 heterocycles. The molecule has 0 aliphatic heterocycles. The van der Waals surface area contributed by atoms with Crippen LogP contribution in [0.5, 0.6) is 0 Å². The Balaban J connectivity index is 3.07. The number of nitrogens with zero attached hydrogens (tertiary/aromatic N) is 1. The summed E-state index contributed by atoms with van der Waals surface area (Å²) in [5.41, 5.74) is 0.260. The molecule has 0 aliphatic carbocycles. The molecule has 0 aliphatic rings. The van der Waals surface area contributed by atoms with Gasteiger partial charge in [-0.25, -0.2) is 0 Å². The molecule has 1 rings (SSSR count). The molecular formula is C21H37NO2. The highest BCUT2D eigenvalue weighted by Gasteiger charge is 2.37. The van der Waals surface area contributed by atoms with Crippen LogP contribution in [0.2, 0.25) is 0 Å². The van der Waals surface area contributed by atoms with Crippen molar-refractivity contribution < 1.29 is 10.2 Å². The summed E-state index contributed by atoms with van der Waals surface area (Å²) in [5.74, 6) is 0.634. The Hall–Kier alpha value is -0.930. The van der Waals surface area contributed by atoms with Gasteiger partial charge in [0.25, 0.3) is 0 Å². The minimum Gasteiger partial charge on any atom is -0.389 e. The molecule has 0 saturated heterocycles. The van der Waals surface area contributed by atoms with Crippen molar-refractivity contribution in [3.8, 4) is 0 Å². The van der Waals surface area contributed by atoms with Crippen molar-refractivity contribution in [3.05, 3.63) is 29.6 Å². The summed E-state index contributed by atoms with van der Waals surface area (Å²) in [6.45, 7) is 16.4. The lowest BCUT2D eigenvalue weighted by Crippen LogP contribution is -2.44. The first-order valence-corrected chi connectivity index (χ1v) is 9.33. The molecule has 3 heteroatoms. The maximum atomic E-state index is 11.0. The molecule has 138 valence electrons. The molecule has 0 atom stereocenters. The van der Waals surface area contributed by atoms with E-state index in [1.807, 2.05) is 18.2 Å². The van der Waals surface area contributed by atoms with Gasteiger partial charge in [-0.3, -0.25) is 4.98 Å². The highest BCUT2D eigenvalue weighted by atomic mass is 16.3. The smallest absolute Gasteiger partial charge is 0.0748 e. The zero-order valence-electron chi connectivity index (χ0n) is 16.8. The molecule has 0 unspecified atom stereocenters. The first kappa shape index (κ1) is 21.1. The standard InChI is InChI=1S/C21H37NO2/c1-14(2)20(23,15(3)4)12-18-10-9-11-19(22-18)13-21(24,16(5)6)17(7)8/h9-11,14-17,23-24H,12-13H2,1-8H3. The van der Waals surface area contributed by atoms with Gasteiger partial charge in [-0.05, 0) is 35.8 Å². The van der Waals surface area contributed by atoms with Crippen molar-refractivity contribution >= 4 is 0 Å². The summed E-state index contributed by atoms with van der Waals surface area (Å²) in [5, 5.41) is 22.1. The monoisotopic (exact) mass is 335 g/mol. The molecule has 0 fully saturated rings. The molecule has 0 spiro atoms. The number of aromatic nitrogens is 1. The van der Waals surface area contributed by atoms with Gasteiger partial charge < -0.3 is 10.2 Å². The highest BCUT2D eigenvalue weighted by Crippen LogP contribution is 2.31. The SMILES string of the molecule is CC(C)C(O)(Cc1cccc(CC(O)(C(C)C)C(C)C)n1)C(C)C. The molecule has 0 bridgehead atoms. The quantitative estimate of drug-likeness (QED) is 0.746. The first-order valence-electron chi connectivity index (χ1n) is 9.33. The van der Waals surface area contributed by atoms with Gasteiger partial charge in [-0.15, -0.1) is 0 Å². The zero-order chi connectivity index (χ0) is 18.7. The van der Waals surface area contributed by atoms with Gasteiger partial charge in [0.15, 0.2) is 0 Å². The molecule has 1 aromatic heterocycles. The van der Waals surface area contributed by atoms with Crippen molar-refractivity contribution in [3.63, 3.8) is 0 Å². The molecule has 3 nitrogen and oxygen atoms in total. The average Bonchev–Trinajstić information content (AvgIpc) is 2.46. The van der Waals surface area contributed by atoms with E-state index >= 15 is 0 Å². The summed E-state index contributed by atoms with van der Waals surface area (Å²) >= 11 is 0. The second kappa shape index (κ2) is 7.97. The number of hydrogen-bond donors (Lipinski definition) is 2. The molecule has 0 aromatic carbocycles. The minimum atomic E-state index is -0.766. The summed E-state index contributed by atoms with van der Waals surface area (Å²) in [7, 11) is 0. The number of aliphatic hydroxyl groups is 2. The van der Waals surface area contributed by atoms with Crippen molar-refractivity contribution in [2.45, 2.75) is 79.4 Å². The Kier molecular flexibility index (Phi) is 7.01. The van der Waals surface area contributed by atoms with E-state index in [1.165, 1.54) is 0 Å². The first-order chi connectivity index (χ1) is 10.9. The third-order valence-electron chi connectivity index (χ3n) is 5.79. The van der Waals surface area contributed by atoms with Crippen LogP contribution in [-0.4, -0.2) is 26.4 Å². The molecule has 0 radical (unpaired) electrons. The lowest BCUT2D eigenvalue weighted by molar-refractivity contribution is -0.0487. The molecule has 0 saturated carbocycles. The van der Waals surface area contributed by atoms with E-state index in [9.17, 15) is 10.2 Å². The minimum absolute atomic E-state index is 0.159. The predicted octanol–water partition coefficient (Wildman–Crippen LogP) is 4.25. The fourth-order valence-corrected chi connectivity index (χ4v) is 3.46. The van der Waals surface area contributed by atoms with Crippen LogP contribution in [0.25, 0.3) is 0 Å². The Morgan fingerprint density at radius 3 is 1.25 bits per heavy atom. The lowest BCUT2D eigenvalue weighted by Gasteiger charge is -2.37. The van der Waals surface area contributed by atoms with E-state index in [1.54, 1.807) is 0 Å². The van der Waals surface area contributed by atoms with Crippen molar-refractivity contribution in [1.82, 2.24) is 4.98 Å². The van der Waals surface area contributed by atoms with E-state index < -0.39 is 11.2 Å². The average molecular weight is 336 g/mol. The summed E-state index contributed by atoms with van der Waals surface area (Å²) in [4.78, 5) is 4.75. The molecule has 2 N–H and O–H groups in total. The third kappa shape index (κ3) is 4.58. The normalized spacial score (nSPS) is 13.6. The van der Waals surface area contributed by atoms with Crippen LogP contribution in [-0.2, 0) is 12.8 Å². The van der Waals surface area contributed by atoms with Gasteiger partial charge >= 0.3 is 0 Å². The van der Waals surface area contributed by atoms with Gasteiger partial charge in [0.1, 0.15) is 0 Å². The fraction of sp³-hybridized carbons (Fsp3) is 0.762. The summed E-state index contributed by atoms with van der Waals surface area (Å²) in [6, 6.07) is 5.94. The number of pyridine rings is 1. The van der Waals surface area contributed by atoms with Gasteiger partial charge in [0, 0.05) is 24.2 Å². The zero-order valence-corrected chi connectivity index (χ0v) is 16.8. The Bertz CT molecular complexity index is 461. The van der Waals surface area contributed by atoms with Gasteiger partial charge in [-0.2, -0.15) is 0 Å². The summed E-state index contributed by atoms with van der Waals surface area (Å²) in [6.07, 6.45) is 1.08. The van der Waals surface area contributed by atoms with Gasteiger partial charge in [-0.1, -0.05) is 61.5 Å². The van der Waals surface area contributed by atoms with E-state index in [-0.39, 0.29) is 23.7 Å². The fourth-order valence-electron chi connectivity index (χ4n) is 3.46. The van der Waals surface area contributed by atoms with Crippen LogP contribution < -0.4 is 0 Å². The van der Waals surface area contributed by atoms with Crippen LogP contribution in [0.15, 0.2) is 18.2 Å². The largest absolute Gasteiger partial charge is 0.389 e. The van der Waals surface area contributed by atoms with Crippen molar-refractivity contribution in [2.24, 2.45) is 23.7 Å². The Morgan fingerprint density at radius 1 is 0.708 bits per heavy atom. The van der Waals surface area contributed by atoms with Crippen molar-refractivity contribution in [1.29, 1.82) is 0 Å². The Labute approximate surface area is 148 Å². The van der Waals surface area contributed by atoms with E-state index in [0.717, 1.165) is 11.4 Å². The van der Waals surface area contributed by atoms with Crippen LogP contribution in [0.1, 0.15) is 66.8 Å². The van der Waals surface area contributed by atoms with Crippen LogP contribution in [0, 0.1) is 23.7 Å². The predicted molar refractivity (Wildman–Crippen MR) is 101 cm³/mol. The van der Waals surface area contributed by atoms with Gasteiger partial charge in [0.05, 0.1) is 11.2 Å². The molecule has 0 amide bonds. The second-order valence-electron chi connectivity index (χ2n) is 8.58. The maximum absolute atomic E-state index is 11.0. The second-order valence-corrected chi connectivity index (χ2v) is 8.58. The van der Waals surface area contributed by atoms with E-state index in [0.29, 0.717) is 12.8 Å². The summed E-state index contributed by atoms with van der Waals surface area (Å²) < 4.78 is 0. The highest BCUT2D eigenvalue weighted by molar-refractivity contribution is 5.16. The van der Waals surface area contributed by atoms with Crippen LogP contribution in [0.3, 0.4) is 0 Å². The van der Waals surface area contributed by atoms with E-state index in [2.05, 4.69) is 55.4 Å². The molecule has 1 aromatic rings. The Morgan fingerprint density at radius 2 is 1.00 bits per heavy atom. The number of rotatable bonds is 8. The van der Waals surface area contributed by atoms with Crippen LogP contribution >= 0.6 is 0 Å². The van der Waals surface area contributed by atoms with Crippen molar-refractivity contribution in [2.75, 3.05) is 0 Å². The maximum Gasteiger partial charge on any atom is 0.0748 e. The van der Waals surface area contributed by atoms with Gasteiger partial charge in [0.2, 0.25) is 0 Å². The number of hydrogen-bond acceptors (Lipinski definition) is 3. The third-order valence-corrected chi connectivity index (χ3v) is 5.79. The van der Waals surface area contributed by atoms with E-state index in [4.69, 9.17) is 4.98 Å². The molecule has 24 heavy (non-hydrogen) atoms. The molecular weight excluding hydrogens is 298 g/mol. The van der Waals surface area contributed by atoms with Crippen LogP contribution in [0.4, 0.5) is 0 Å². The topological polar surface area (TPSA) is 53.4 Å².